The Morgan fingerprint density at radius 1 is 1.30 bits per heavy atom. The van der Waals surface area contributed by atoms with E-state index in [2.05, 4.69) is 31.0 Å². The van der Waals surface area contributed by atoms with Crippen molar-refractivity contribution in [1.29, 1.82) is 0 Å². The van der Waals surface area contributed by atoms with Gasteiger partial charge in [0.25, 0.3) is 0 Å². The summed E-state index contributed by atoms with van der Waals surface area (Å²) >= 11 is 1.55. The monoisotopic (exact) mass is 328 g/mol. The van der Waals surface area contributed by atoms with Crippen LogP contribution in [0.25, 0.3) is 10.2 Å². The molecule has 1 amide bonds. The number of aryl methyl sites for hydroxylation is 2. The van der Waals surface area contributed by atoms with E-state index in [1.807, 2.05) is 26.0 Å². The summed E-state index contributed by atoms with van der Waals surface area (Å²) in [6.45, 7) is 8.38. The number of hydrogen-bond donors (Lipinski definition) is 0. The van der Waals surface area contributed by atoms with Crippen molar-refractivity contribution in [3.05, 3.63) is 47.4 Å². The zero-order valence-corrected chi connectivity index (χ0v) is 14.6. The molecule has 0 atom stereocenters. The van der Waals surface area contributed by atoms with Crippen LogP contribution in [0.1, 0.15) is 30.7 Å². The smallest absolute Gasteiger partial charge is 0.231 e. The minimum atomic E-state index is -0.0968. The van der Waals surface area contributed by atoms with Crippen molar-refractivity contribution >= 4 is 32.6 Å². The van der Waals surface area contributed by atoms with Gasteiger partial charge in [-0.3, -0.25) is 9.69 Å². The van der Waals surface area contributed by atoms with Gasteiger partial charge in [0, 0.05) is 5.92 Å². The van der Waals surface area contributed by atoms with Gasteiger partial charge in [0.2, 0.25) is 5.91 Å². The summed E-state index contributed by atoms with van der Waals surface area (Å²) in [6, 6.07) is 7.92. The van der Waals surface area contributed by atoms with Crippen LogP contribution in [-0.2, 0) is 11.3 Å². The van der Waals surface area contributed by atoms with Crippen molar-refractivity contribution < 1.29 is 9.21 Å². The van der Waals surface area contributed by atoms with Gasteiger partial charge in [0.1, 0.15) is 5.76 Å². The standard InChI is InChI=1S/C18H20N2O2S/c1-11(2)17(21)20(10-14-6-5-7-22-14)18-19-15-8-12(3)13(4)9-16(15)23-18/h5-9,11H,10H2,1-4H3. The Hall–Kier alpha value is -2.14. The maximum atomic E-state index is 12.6. The molecule has 0 fully saturated rings. The minimum absolute atomic E-state index is 0.0499. The lowest BCUT2D eigenvalue weighted by Gasteiger charge is -2.20. The summed E-state index contributed by atoms with van der Waals surface area (Å²) in [6.07, 6.45) is 1.62. The van der Waals surface area contributed by atoms with Crippen LogP contribution < -0.4 is 4.90 Å². The number of aromatic nitrogens is 1. The van der Waals surface area contributed by atoms with Gasteiger partial charge in [0.05, 0.1) is 23.0 Å². The van der Waals surface area contributed by atoms with E-state index in [1.165, 1.54) is 11.1 Å². The Balaban J connectivity index is 2.03. The molecule has 0 saturated carbocycles. The van der Waals surface area contributed by atoms with Crippen LogP contribution in [0.2, 0.25) is 0 Å². The van der Waals surface area contributed by atoms with E-state index in [0.717, 1.165) is 21.1 Å². The molecule has 0 aliphatic heterocycles. The number of amides is 1. The molecular weight excluding hydrogens is 308 g/mol. The van der Waals surface area contributed by atoms with Crippen molar-refractivity contribution in [3.8, 4) is 0 Å². The molecule has 0 bridgehead atoms. The first-order valence-corrected chi connectivity index (χ1v) is 8.49. The van der Waals surface area contributed by atoms with Gasteiger partial charge in [-0.25, -0.2) is 4.98 Å². The summed E-state index contributed by atoms with van der Waals surface area (Å²) in [5, 5.41) is 0.722. The predicted octanol–water partition coefficient (Wildman–Crippen LogP) is 4.70. The number of furan rings is 1. The zero-order chi connectivity index (χ0) is 16.6. The van der Waals surface area contributed by atoms with Crippen molar-refractivity contribution in [2.45, 2.75) is 34.2 Å². The number of benzene rings is 1. The summed E-state index contributed by atoms with van der Waals surface area (Å²) in [7, 11) is 0. The van der Waals surface area contributed by atoms with Gasteiger partial charge in [-0.2, -0.15) is 0 Å². The van der Waals surface area contributed by atoms with E-state index in [0.29, 0.717) is 6.54 Å². The summed E-state index contributed by atoms with van der Waals surface area (Å²) in [4.78, 5) is 19.0. The molecule has 0 N–H and O–H groups in total. The molecule has 1 aromatic carbocycles. The molecule has 0 radical (unpaired) electrons. The van der Waals surface area contributed by atoms with Gasteiger partial charge in [-0.05, 0) is 49.2 Å². The van der Waals surface area contributed by atoms with Gasteiger partial charge in [0.15, 0.2) is 5.13 Å². The maximum Gasteiger partial charge on any atom is 0.231 e. The van der Waals surface area contributed by atoms with E-state index in [1.54, 1.807) is 22.5 Å². The minimum Gasteiger partial charge on any atom is -0.467 e. The Morgan fingerprint density at radius 2 is 2.04 bits per heavy atom. The van der Waals surface area contributed by atoms with Crippen LogP contribution in [-0.4, -0.2) is 10.9 Å². The predicted molar refractivity (Wildman–Crippen MR) is 93.8 cm³/mol. The number of fused-ring (bicyclic) bond motifs is 1. The Bertz CT molecular complexity index is 795. The fourth-order valence-corrected chi connectivity index (χ4v) is 3.44. The summed E-state index contributed by atoms with van der Waals surface area (Å²) in [5.74, 6) is 0.708. The van der Waals surface area contributed by atoms with E-state index >= 15 is 0 Å². The first-order chi connectivity index (χ1) is 11.0. The lowest BCUT2D eigenvalue weighted by atomic mass is 10.1. The number of nitrogens with zero attached hydrogens (tertiary/aromatic N) is 2. The highest BCUT2D eigenvalue weighted by Gasteiger charge is 2.23. The quantitative estimate of drug-likeness (QED) is 0.697. The first kappa shape index (κ1) is 15.7. The number of carbonyl (C=O) groups is 1. The topological polar surface area (TPSA) is 46.3 Å². The number of carbonyl (C=O) groups excluding carboxylic acids is 1. The third kappa shape index (κ3) is 3.15. The van der Waals surface area contributed by atoms with Crippen LogP contribution in [0.4, 0.5) is 5.13 Å². The van der Waals surface area contributed by atoms with Gasteiger partial charge in [-0.15, -0.1) is 0 Å². The number of anilines is 1. The van der Waals surface area contributed by atoms with E-state index in [-0.39, 0.29) is 11.8 Å². The van der Waals surface area contributed by atoms with Crippen LogP contribution in [0.5, 0.6) is 0 Å². The van der Waals surface area contributed by atoms with E-state index < -0.39 is 0 Å². The first-order valence-electron chi connectivity index (χ1n) is 7.67. The molecule has 5 heteroatoms. The van der Waals surface area contributed by atoms with Gasteiger partial charge in [-0.1, -0.05) is 25.2 Å². The third-order valence-electron chi connectivity index (χ3n) is 3.88. The molecule has 0 saturated heterocycles. The van der Waals surface area contributed by atoms with Crippen LogP contribution >= 0.6 is 11.3 Å². The molecule has 0 aliphatic rings. The molecule has 2 aromatic heterocycles. The number of thiazole rings is 1. The van der Waals surface area contributed by atoms with Gasteiger partial charge < -0.3 is 4.42 Å². The Labute approximate surface area is 139 Å². The molecule has 0 aliphatic carbocycles. The molecule has 2 heterocycles. The molecule has 0 spiro atoms. The summed E-state index contributed by atoms with van der Waals surface area (Å²) in [5.41, 5.74) is 3.39. The average molecular weight is 328 g/mol. The number of hydrogen-bond acceptors (Lipinski definition) is 4. The van der Waals surface area contributed by atoms with Crippen molar-refractivity contribution in [2.24, 2.45) is 5.92 Å². The molecule has 4 nitrogen and oxygen atoms in total. The van der Waals surface area contributed by atoms with Crippen LogP contribution in [0.3, 0.4) is 0 Å². The van der Waals surface area contributed by atoms with Crippen LogP contribution in [0.15, 0.2) is 34.9 Å². The van der Waals surface area contributed by atoms with Crippen molar-refractivity contribution in [1.82, 2.24) is 4.98 Å². The van der Waals surface area contributed by atoms with Crippen molar-refractivity contribution in [3.63, 3.8) is 0 Å². The molecule has 120 valence electrons. The third-order valence-corrected chi connectivity index (χ3v) is 4.92. The molecule has 23 heavy (non-hydrogen) atoms. The maximum absolute atomic E-state index is 12.6. The van der Waals surface area contributed by atoms with Crippen molar-refractivity contribution in [2.75, 3.05) is 4.90 Å². The highest BCUT2D eigenvalue weighted by Crippen LogP contribution is 2.32. The second kappa shape index (κ2) is 6.16. The second-order valence-corrected chi connectivity index (χ2v) is 7.07. The second-order valence-electron chi connectivity index (χ2n) is 6.06. The molecule has 3 aromatic rings. The van der Waals surface area contributed by atoms with E-state index in [9.17, 15) is 4.79 Å². The fraction of sp³-hybridized carbons (Fsp3) is 0.333. The largest absolute Gasteiger partial charge is 0.467 e. The average Bonchev–Trinajstić information content (AvgIpc) is 3.13. The Morgan fingerprint density at radius 3 is 2.70 bits per heavy atom. The van der Waals surface area contributed by atoms with E-state index in [4.69, 9.17) is 4.42 Å². The molecule has 3 rings (SSSR count). The number of rotatable bonds is 4. The summed E-state index contributed by atoms with van der Waals surface area (Å²) < 4.78 is 6.51. The normalized spacial score (nSPS) is 11.3. The molecule has 0 unspecified atom stereocenters. The zero-order valence-electron chi connectivity index (χ0n) is 13.8. The fourth-order valence-electron chi connectivity index (χ4n) is 2.39. The highest BCUT2D eigenvalue weighted by molar-refractivity contribution is 7.22. The highest BCUT2D eigenvalue weighted by atomic mass is 32.1. The van der Waals surface area contributed by atoms with Crippen LogP contribution in [0, 0.1) is 19.8 Å². The lowest BCUT2D eigenvalue weighted by Crippen LogP contribution is -2.33. The molecular formula is C18H20N2O2S. The lowest BCUT2D eigenvalue weighted by molar-refractivity contribution is -0.121. The SMILES string of the molecule is Cc1cc2nc(N(Cc3ccco3)C(=O)C(C)C)sc2cc1C. The van der Waals surface area contributed by atoms with Gasteiger partial charge >= 0.3 is 0 Å². The Kier molecular flexibility index (Phi) is 4.22.